The largest absolute Gasteiger partial charge is 0.491 e. The summed E-state index contributed by atoms with van der Waals surface area (Å²) in [6, 6.07) is 7.54. The summed E-state index contributed by atoms with van der Waals surface area (Å²) in [4.78, 5) is 2.06. The van der Waals surface area contributed by atoms with Crippen LogP contribution in [0, 0.1) is 0 Å². The van der Waals surface area contributed by atoms with Crippen LogP contribution in [0.3, 0.4) is 0 Å². The molecule has 1 aliphatic heterocycles. The van der Waals surface area contributed by atoms with Crippen LogP contribution in [0.4, 0.5) is 0 Å². The summed E-state index contributed by atoms with van der Waals surface area (Å²) in [5.41, 5.74) is 0. The van der Waals surface area contributed by atoms with Gasteiger partial charge in [-0.25, -0.2) is 0 Å². The molecular formula is C13H18BrNO3. The highest BCUT2D eigenvalue weighted by Crippen LogP contribution is 2.18. The van der Waals surface area contributed by atoms with Crippen LogP contribution in [-0.4, -0.2) is 53.6 Å². The van der Waals surface area contributed by atoms with E-state index in [-0.39, 0.29) is 12.7 Å². The zero-order chi connectivity index (χ0) is 13.0. The molecule has 2 atom stereocenters. The van der Waals surface area contributed by atoms with Crippen LogP contribution in [0.1, 0.15) is 6.42 Å². The molecule has 5 heteroatoms. The first-order valence-corrected chi connectivity index (χ1v) is 6.89. The molecule has 2 rings (SSSR count). The summed E-state index contributed by atoms with van der Waals surface area (Å²) in [5, 5.41) is 19.3. The Hall–Kier alpha value is -0.620. The fraction of sp³-hybridized carbons (Fsp3) is 0.538. The standard InChI is InChI=1S/C13H18BrNO3/c14-10-2-1-3-13(6-10)18-9-12(17)8-15-5-4-11(16)7-15/h1-3,6,11-12,16-17H,4-5,7-9H2. The van der Waals surface area contributed by atoms with Crippen LogP contribution in [0.2, 0.25) is 0 Å². The van der Waals surface area contributed by atoms with E-state index in [2.05, 4.69) is 20.8 Å². The zero-order valence-electron chi connectivity index (χ0n) is 10.1. The summed E-state index contributed by atoms with van der Waals surface area (Å²) in [6.07, 6.45) is 0.0108. The van der Waals surface area contributed by atoms with Gasteiger partial charge in [0.1, 0.15) is 18.5 Å². The van der Waals surface area contributed by atoms with Crippen LogP contribution in [0.15, 0.2) is 28.7 Å². The number of aliphatic hydroxyl groups is 2. The lowest BCUT2D eigenvalue weighted by Crippen LogP contribution is -2.34. The maximum absolute atomic E-state index is 9.87. The Labute approximate surface area is 115 Å². The number of β-amino-alcohol motifs (C(OH)–C–C–N with tert-alkyl or cyclic N) is 2. The van der Waals surface area contributed by atoms with E-state index in [0.717, 1.165) is 23.2 Å². The van der Waals surface area contributed by atoms with E-state index in [1.807, 2.05) is 24.3 Å². The highest BCUT2D eigenvalue weighted by Gasteiger charge is 2.22. The number of hydrogen-bond donors (Lipinski definition) is 2. The van der Waals surface area contributed by atoms with Crippen molar-refractivity contribution in [1.82, 2.24) is 4.90 Å². The van der Waals surface area contributed by atoms with Crippen LogP contribution in [0.25, 0.3) is 0 Å². The fourth-order valence-electron chi connectivity index (χ4n) is 2.08. The van der Waals surface area contributed by atoms with Gasteiger partial charge in [0, 0.05) is 24.1 Å². The second kappa shape index (κ2) is 6.52. The number of likely N-dealkylation sites (tertiary alicyclic amines) is 1. The third kappa shape index (κ3) is 4.24. The SMILES string of the molecule is OC1CCN(CC(O)COc2cccc(Br)c2)C1. The molecule has 1 heterocycles. The molecule has 1 aromatic rings. The van der Waals surface area contributed by atoms with Crippen LogP contribution in [-0.2, 0) is 0 Å². The lowest BCUT2D eigenvalue weighted by atomic mass is 10.3. The average Bonchev–Trinajstić information content (AvgIpc) is 2.72. The van der Waals surface area contributed by atoms with E-state index >= 15 is 0 Å². The molecule has 18 heavy (non-hydrogen) atoms. The lowest BCUT2D eigenvalue weighted by Gasteiger charge is -2.19. The van der Waals surface area contributed by atoms with Gasteiger partial charge in [0.25, 0.3) is 0 Å². The van der Waals surface area contributed by atoms with Crippen LogP contribution >= 0.6 is 15.9 Å². The van der Waals surface area contributed by atoms with Crippen LogP contribution < -0.4 is 4.74 Å². The molecule has 1 saturated heterocycles. The highest BCUT2D eigenvalue weighted by atomic mass is 79.9. The topological polar surface area (TPSA) is 52.9 Å². The van der Waals surface area contributed by atoms with E-state index in [1.54, 1.807) is 0 Å². The highest BCUT2D eigenvalue weighted by molar-refractivity contribution is 9.10. The van der Waals surface area contributed by atoms with Crippen molar-refractivity contribution in [3.8, 4) is 5.75 Å². The minimum atomic E-state index is -0.533. The fourth-order valence-corrected chi connectivity index (χ4v) is 2.46. The van der Waals surface area contributed by atoms with Crippen molar-refractivity contribution in [2.24, 2.45) is 0 Å². The summed E-state index contributed by atoms with van der Waals surface area (Å²) < 4.78 is 6.47. The van der Waals surface area contributed by atoms with Crippen molar-refractivity contribution in [2.75, 3.05) is 26.2 Å². The molecule has 0 spiro atoms. The van der Waals surface area contributed by atoms with Crippen molar-refractivity contribution in [2.45, 2.75) is 18.6 Å². The lowest BCUT2D eigenvalue weighted by molar-refractivity contribution is 0.0707. The molecule has 0 amide bonds. The number of hydrogen-bond acceptors (Lipinski definition) is 4. The number of benzene rings is 1. The zero-order valence-corrected chi connectivity index (χ0v) is 11.7. The van der Waals surface area contributed by atoms with Gasteiger partial charge in [0.2, 0.25) is 0 Å². The molecule has 2 N–H and O–H groups in total. The Morgan fingerprint density at radius 1 is 1.50 bits per heavy atom. The predicted octanol–water partition coefficient (Wildman–Crippen LogP) is 1.26. The molecule has 4 nitrogen and oxygen atoms in total. The number of aliphatic hydroxyl groups excluding tert-OH is 2. The van der Waals surface area contributed by atoms with Gasteiger partial charge in [-0.05, 0) is 24.6 Å². The molecule has 0 bridgehead atoms. The molecular weight excluding hydrogens is 298 g/mol. The molecule has 0 aliphatic carbocycles. The van der Waals surface area contributed by atoms with Gasteiger partial charge >= 0.3 is 0 Å². The third-order valence-electron chi connectivity index (χ3n) is 2.95. The third-order valence-corrected chi connectivity index (χ3v) is 3.45. The van der Waals surface area contributed by atoms with Crippen LogP contribution in [0.5, 0.6) is 5.75 Å². The summed E-state index contributed by atoms with van der Waals surface area (Å²) in [5.74, 6) is 0.741. The second-order valence-corrected chi connectivity index (χ2v) is 5.54. The van der Waals surface area contributed by atoms with Gasteiger partial charge in [0.15, 0.2) is 0 Å². The van der Waals surface area contributed by atoms with E-state index in [9.17, 15) is 10.2 Å². The smallest absolute Gasteiger partial charge is 0.120 e. The molecule has 1 aliphatic rings. The minimum Gasteiger partial charge on any atom is -0.491 e. The Morgan fingerprint density at radius 3 is 3.00 bits per heavy atom. The van der Waals surface area contributed by atoms with Gasteiger partial charge in [-0.1, -0.05) is 22.0 Å². The van der Waals surface area contributed by atoms with E-state index in [0.29, 0.717) is 13.1 Å². The van der Waals surface area contributed by atoms with Gasteiger partial charge in [-0.2, -0.15) is 0 Å². The van der Waals surface area contributed by atoms with Gasteiger partial charge in [-0.3, -0.25) is 4.90 Å². The van der Waals surface area contributed by atoms with Gasteiger partial charge in [-0.15, -0.1) is 0 Å². The average molecular weight is 316 g/mol. The first-order chi connectivity index (χ1) is 8.63. The number of halogens is 1. The quantitative estimate of drug-likeness (QED) is 0.859. The predicted molar refractivity (Wildman–Crippen MR) is 72.7 cm³/mol. The maximum Gasteiger partial charge on any atom is 0.120 e. The Morgan fingerprint density at radius 2 is 2.33 bits per heavy atom. The molecule has 1 aromatic carbocycles. The van der Waals surface area contributed by atoms with E-state index in [1.165, 1.54) is 0 Å². The second-order valence-electron chi connectivity index (χ2n) is 4.62. The number of nitrogens with zero attached hydrogens (tertiary/aromatic N) is 1. The first-order valence-electron chi connectivity index (χ1n) is 6.10. The maximum atomic E-state index is 9.87. The summed E-state index contributed by atoms with van der Waals surface area (Å²) >= 11 is 3.37. The van der Waals surface area contributed by atoms with Crippen molar-refractivity contribution >= 4 is 15.9 Å². The minimum absolute atomic E-state index is 0.247. The summed E-state index contributed by atoms with van der Waals surface area (Å²) in [6.45, 7) is 2.30. The summed E-state index contributed by atoms with van der Waals surface area (Å²) in [7, 11) is 0. The van der Waals surface area contributed by atoms with Crippen molar-refractivity contribution in [3.05, 3.63) is 28.7 Å². The molecule has 100 valence electrons. The monoisotopic (exact) mass is 315 g/mol. The van der Waals surface area contributed by atoms with E-state index in [4.69, 9.17) is 4.74 Å². The van der Waals surface area contributed by atoms with Crippen molar-refractivity contribution in [3.63, 3.8) is 0 Å². The first kappa shape index (κ1) is 13.8. The van der Waals surface area contributed by atoms with Gasteiger partial charge < -0.3 is 14.9 Å². The molecule has 0 aromatic heterocycles. The number of rotatable bonds is 5. The Kier molecular flexibility index (Phi) is 5.00. The van der Waals surface area contributed by atoms with Gasteiger partial charge in [0.05, 0.1) is 6.10 Å². The Balaban J connectivity index is 1.73. The van der Waals surface area contributed by atoms with E-state index < -0.39 is 6.10 Å². The molecule has 0 radical (unpaired) electrons. The molecule has 1 fully saturated rings. The molecule has 2 unspecified atom stereocenters. The van der Waals surface area contributed by atoms with Crippen molar-refractivity contribution in [1.29, 1.82) is 0 Å². The Bertz CT molecular complexity index is 388. The normalized spacial score (nSPS) is 22.1. The molecule has 0 saturated carbocycles. The number of ether oxygens (including phenoxy) is 1. The van der Waals surface area contributed by atoms with Crippen molar-refractivity contribution < 1.29 is 14.9 Å².